The van der Waals surface area contributed by atoms with Gasteiger partial charge in [0.2, 0.25) is 5.89 Å². The average molecular weight is 309 g/mol. The quantitative estimate of drug-likeness (QED) is 0.752. The van der Waals surface area contributed by atoms with Gasteiger partial charge >= 0.3 is 5.97 Å². The standard InChI is InChI=1S/C16H27N3O3/c1-6-21-15(20)16(12(4)5)7-8-19(10-16)9-13-17-14(11(2)3)18-22-13/h11-12H,6-10H2,1-5H3/t16-/m1/s1. The maximum atomic E-state index is 12.4. The second-order valence-corrected chi connectivity index (χ2v) is 6.69. The predicted molar refractivity (Wildman–Crippen MR) is 82.2 cm³/mol. The number of carbonyl (C=O) groups excluding carboxylic acids is 1. The van der Waals surface area contributed by atoms with Crippen LogP contribution in [0, 0.1) is 11.3 Å². The number of esters is 1. The second kappa shape index (κ2) is 6.77. The molecule has 0 aliphatic carbocycles. The predicted octanol–water partition coefficient (Wildman–Crippen LogP) is 2.60. The summed E-state index contributed by atoms with van der Waals surface area (Å²) in [5, 5.41) is 3.99. The maximum Gasteiger partial charge on any atom is 0.313 e. The van der Waals surface area contributed by atoms with Gasteiger partial charge in [-0.25, -0.2) is 0 Å². The zero-order valence-corrected chi connectivity index (χ0v) is 14.3. The molecule has 0 bridgehead atoms. The minimum atomic E-state index is -0.420. The van der Waals surface area contributed by atoms with Gasteiger partial charge in [0.05, 0.1) is 18.6 Å². The van der Waals surface area contributed by atoms with Crippen molar-refractivity contribution in [1.29, 1.82) is 0 Å². The SMILES string of the molecule is CCOC(=O)[C@]1(C(C)C)CCN(Cc2nc(C(C)C)no2)C1. The van der Waals surface area contributed by atoms with Crippen molar-refractivity contribution in [3.63, 3.8) is 0 Å². The van der Waals surface area contributed by atoms with Crippen molar-refractivity contribution in [3.8, 4) is 0 Å². The molecule has 0 aromatic carbocycles. The third-order valence-corrected chi connectivity index (χ3v) is 4.53. The van der Waals surface area contributed by atoms with E-state index in [-0.39, 0.29) is 17.8 Å². The zero-order valence-electron chi connectivity index (χ0n) is 14.3. The Bertz CT molecular complexity index is 512. The number of likely N-dealkylation sites (tertiary alicyclic amines) is 1. The van der Waals surface area contributed by atoms with Crippen molar-refractivity contribution in [2.45, 2.75) is 53.5 Å². The summed E-state index contributed by atoms with van der Waals surface area (Å²) < 4.78 is 10.6. The summed E-state index contributed by atoms with van der Waals surface area (Å²) in [6, 6.07) is 0. The van der Waals surface area contributed by atoms with Gasteiger partial charge in [0.25, 0.3) is 0 Å². The molecule has 1 aromatic heterocycles. The molecule has 2 heterocycles. The summed E-state index contributed by atoms with van der Waals surface area (Å²) >= 11 is 0. The average Bonchev–Trinajstić information content (AvgIpc) is 3.07. The number of aromatic nitrogens is 2. The summed E-state index contributed by atoms with van der Waals surface area (Å²) in [5.74, 6) is 1.76. The first kappa shape index (κ1) is 16.9. The number of carbonyl (C=O) groups is 1. The van der Waals surface area contributed by atoms with Crippen molar-refractivity contribution in [2.24, 2.45) is 11.3 Å². The Hall–Kier alpha value is -1.43. The van der Waals surface area contributed by atoms with E-state index in [1.54, 1.807) is 0 Å². The summed E-state index contributed by atoms with van der Waals surface area (Å²) in [7, 11) is 0. The molecule has 1 fully saturated rings. The van der Waals surface area contributed by atoms with E-state index in [4.69, 9.17) is 9.26 Å². The van der Waals surface area contributed by atoms with Crippen LogP contribution >= 0.6 is 0 Å². The molecule has 0 amide bonds. The molecule has 0 spiro atoms. The van der Waals surface area contributed by atoms with Crippen LogP contribution in [-0.4, -0.2) is 40.7 Å². The number of hydrogen-bond acceptors (Lipinski definition) is 6. The highest BCUT2D eigenvalue weighted by Gasteiger charge is 2.48. The molecule has 0 unspecified atom stereocenters. The molecular weight excluding hydrogens is 282 g/mol. The van der Waals surface area contributed by atoms with Crippen molar-refractivity contribution in [3.05, 3.63) is 11.7 Å². The van der Waals surface area contributed by atoms with E-state index in [0.717, 1.165) is 18.8 Å². The van der Waals surface area contributed by atoms with Gasteiger partial charge in [-0.1, -0.05) is 32.9 Å². The lowest BCUT2D eigenvalue weighted by Crippen LogP contribution is -2.40. The van der Waals surface area contributed by atoms with Crippen molar-refractivity contribution in [1.82, 2.24) is 15.0 Å². The third-order valence-electron chi connectivity index (χ3n) is 4.53. The van der Waals surface area contributed by atoms with Gasteiger partial charge in [0.1, 0.15) is 0 Å². The van der Waals surface area contributed by atoms with Gasteiger partial charge in [-0.05, 0) is 25.8 Å². The number of hydrogen-bond donors (Lipinski definition) is 0. The Labute approximate surface area is 132 Å². The van der Waals surface area contributed by atoms with Gasteiger partial charge in [-0.3, -0.25) is 9.69 Å². The van der Waals surface area contributed by atoms with Gasteiger partial charge in [0, 0.05) is 12.5 Å². The highest BCUT2D eigenvalue weighted by molar-refractivity contribution is 5.78. The van der Waals surface area contributed by atoms with Crippen molar-refractivity contribution in [2.75, 3.05) is 19.7 Å². The van der Waals surface area contributed by atoms with Crippen LogP contribution in [0.3, 0.4) is 0 Å². The monoisotopic (exact) mass is 309 g/mol. The molecule has 1 saturated heterocycles. The normalized spacial score (nSPS) is 22.7. The van der Waals surface area contributed by atoms with E-state index in [1.165, 1.54) is 0 Å². The topological polar surface area (TPSA) is 68.5 Å². The van der Waals surface area contributed by atoms with Crippen molar-refractivity contribution < 1.29 is 14.1 Å². The summed E-state index contributed by atoms with van der Waals surface area (Å²) in [5.41, 5.74) is -0.420. The molecule has 2 rings (SSSR count). The van der Waals surface area contributed by atoms with Crippen LogP contribution in [0.1, 0.15) is 58.7 Å². The van der Waals surface area contributed by atoms with E-state index < -0.39 is 5.41 Å². The summed E-state index contributed by atoms with van der Waals surface area (Å²) in [6.45, 7) is 12.6. The first-order valence-corrected chi connectivity index (χ1v) is 8.11. The molecule has 1 aliphatic rings. The van der Waals surface area contributed by atoms with Gasteiger partial charge < -0.3 is 9.26 Å². The summed E-state index contributed by atoms with van der Waals surface area (Å²) in [6.07, 6.45) is 0.814. The first-order valence-electron chi connectivity index (χ1n) is 8.11. The smallest absolute Gasteiger partial charge is 0.313 e. The minimum Gasteiger partial charge on any atom is -0.466 e. The maximum absolute atomic E-state index is 12.4. The molecule has 1 aliphatic heterocycles. The Morgan fingerprint density at radius 2 is 2.14 bits per heavy atom. The Morgan fingerprint density at radius 1 is 1.41 bits per heavy atom. The van der Waals surface area contributed by atoms with Gasteiger partial charge in [0.15, 0.2) is 5.82 Å². The lowest BCUT2D eigenvalue weighted by molar-refractivity contribution is -0.157. The van der Waals surface area contributed by atoms with Crippen LogP contribution in [-0.2, 0) is 16.1 Å². The van der Waals surface area contributed by atoms with Crippen LogP contribution in [0.4, 0.5) is 0 Å². The fourth-order valence-electron chi connectivity index (χ4n) is 2.96. The van der Waals surface area contributed by atoms with Gasteiger partial charge in [-0.15, -0.1) is 0 Å². The Balaban J connectivity index is 2.04. The molecule has 0 radical (unpaired) electrons. The summed E-state index contributed by atoms with van der Waals surface area (Å²) in [4.78, 5) is 19.0. The lowest BCUT2D eigenvalue weighted by atomic mass is 9.76. The first-order chi connectivity index (χ1) is 10.4. The third kappa shape index (κ3) is 3.32. The molecule has 0 saturated carbocycles. The van der Waals surface area contributed by atoms with Crippen LogP contribution in [0.5, 0.6) is 0 Å². The van der Waals surface area contributed by atoms with Gasteiger partial charge in [-0.2, -0.15) is 4.98 Å². The number of nitrogens with zero attached hydrogens (tertiary/aromatic N) is 3. The molecule has 6 nitrogen and oxygen atoms in total. The molecule has 0 N–H and O–H groups in total. The van der Waals surface area contributed by atoms with Crippen LogP contribution in [0.15, 0.2) is 4.52 Å². The molecule has 1 atom stereocenters. The fourth-order valence-corrected chi connectivity index (χ4v) is 2.96. The van der Waals surface area contributed by atoms with E-state index >= 15 is 0 Å². The van der Waals surface area contributed by atoms with E-state index in [0.29, 0.717) is 25.6 Å². The number of rotatable bonds is 6. The molecule has 22 heavy (non-hydrogen) atoms. The molecule has 6 heteroatoms. The highest BCUT2D eigenvalue weighted by atomic mass is 16.5. The fraction of sp³-hybridized carbons (Fsp3) is 0.812. The Kier molecular flexibility index (Phi) is 5.21. The van der Waals surface area contributed by atoms with E-state index in [9.17, 15) is 4.79 Å². The van der Waals surface area contributed by atoms with Crippen LogP contribution in [0.25, 0.3) is 0 Å². The van der Waals surface area contributed by atoms with E-state index in [2.05, 4.69) is 28.9 Å². The van der Waals surface area contributed by atoms with Crippen LogP contribution in [0.2, 0.25) is 0 Å². The molecular formula is C16H27N3O3. The minimum absolute atomic E-state index is 0.0825. The van der Waals surface area contributed by atoms with E-state index in [1.807, 2.05) is 20.8 Å². The number of ether oxygens (including phenoxy) is 1. The molecule has 1 aromatic rings. The molecule has 124 valence electrons. The second-order valence-electron chi connectivity index (χ2n) is 6.69. The largest absolute Gasteiger partial charge is 0.466 e. The Morgan fingerprint density at radius 3 is 2.68 bits per heavy atom. The van der Waals surface area contributed by atoms with Crippen molar-refractivity contribution >= 4 is 5.97 Å². The lowest BCUT2D eigenvalue weighted by Gasteiger charge is -2.30. The van der Waals surface area contributed by atoms with Crippen LogP contribution < -0.4 is 0 Å². The zero-order chi connectivity index (χ0) is 16.3. The highest BCUT2D eigenvalue weighted by Crippen LogP contribution is 2.39.